The van der Waals surface area contributed by atoms with Gasteiger partial charge in [-0.25, -0.2) is 9.79 Å². The number of ether oxygens (including phenoxy) is 3. The first kappa shape index (κ1) is 34.2. The van der Waals surface area contributed by atoms with Crippen LogP contribution >= 0.6 is 27.3 Å². The molecule has 0 bridgehead atoms. The van der Waals surface area contributed by atoms with E-state index in [0.717, 1.165) is 11.3 Å². The van der Waals surface area contributed by atoms with Crippen molar-refractivity contribution in [3.63, 3.8) is 0 Å². The molecule has 1 aromatic heterocycles. The number of benzene rings is 3. The fourth-order valence-electron chi connectivity index (χ4n) is 5.20. The van der Waals surface area contributed by atoms with E-state index < -0.39 is 27.4 Å². The highest BCUT2D eigenvalue weighted by atomic mass is 79.9. The fourth-order valence-corrected chi connectivity index (χ4v) is 6.82. The summed E-state index contributed by atoms with van der Waals surface area (Å²) in [5, 5.41) is 22.8. The molecule has 5 rings (SSSR count). The molecule has 0 N–H and O–H groups in total. The number of esters is 1. The molecule has 1 aliphatic rings. The number of hydrogen-bond donors (Lipinski definition) is 0. The molecule has 1 atom stereocenters. The van der Waals surface area contributed by atoms with Gasteiger partial charge in [-0.3, -0.25) is 29.6 Å². The first-order chi connectivity index (χ1) is 22.9. The first-order valence-electron chi connectivity index (χ1n) is 14.7. The number of nitrogens with zero attached hydrogens (tertiary/aromatic N) is 4. The molecular weight excluding hydrogens is 708 g/mol. The Morgan fingerprint density at radius 3 is 2.40 bits per heavy atom. The minimum absolute atomic E-state index is 0.0247. The normalized spacial score (nSPS) is 14.3. The van der Waals surface area contributed by atoms with Gasteiger partial charge in [0.25, 0.3) is 16.9 Å². The minimum Gasteiger partial charge on any atom is -0.490 e. The monoisotopic (exact) mass is 736 g/mol. The molecular formula is C33H29BrN4O9S. The lowest BCUT2D eigenvalue weighted by atomic mass is 9.94. The number of carbonyl (C=O) groups excluding carboxylic acids is 1. The summed E-state index contributed by atoms with van der Waals surface area (Å²) in [7, 11) is 0. The van der Waals surface area contributed by atoms with E-state index in [1.807, 2.05) is 6.92 Å². The van der Waals surface area contributed by atoms with E-state index in [0.29, 0.717) is 59.9 Å². The van der Waals surface area contributed by atoms with Gasteiger partial charge in [-0.15, -0.1) is 0 Å². The van der Waals surface area contributed by atoms with Crippen molar-refractivity contribution >= 4 is 50.7 Å². The number of fused-ring (bicyclic) bond motifs is 1. The van der Waals surface area contributed by atoms with Crippen LogP contribution in [-0.2, 0) is 16.1 Å². The van der Waals surface area contributed by atoms with Gasteiger partial charge in [0.15, 0.2) is 16.3 Å². The second-order valence-electron chi connectivity index (χ2n) is 10.6. The van der Waals surface area contributed by atoms with Gasteiger partial charge >= 0.3 is 5.97 Å². The highest BCUT2D eigenvalue weighted by molar-refractivity contribution is 9.10. The standard InChI is InChI=1S/C33H29BrN4O9S/c1-5-45-26-14-21(13-24(34)30(26)47-17-20-8-11-23(12-9-20)37(41)42)15-27-31(39)36-29(22-10-7-18(3)25(16-22)38(43)44)28(32(40)46-6-2)19(4)35-33(36)48-27/h7-16,29H,5-6,17H2,1-4H3/b27-15+/t29-/m0/s1. The number of thiazole rings is 1. The van der Waals surface area contributed by atoms with Crippen LogP contribution in [0.2, 0.25) is 0 Å². The van der Waals surface area contributed by atoms with E-state index in [2.05, 4.69) is 20.9 Å². The minimum atomic E-state index is -1.01. The Labute approximate surface area is 285 Å². The second-order valence-corrected chi connectivity index (χ2v) is 12.4. The SMILES string of the molecule is CCOC(=O)C1=C(C)N=c2s/c(=C/c3cc(Br)c(OCc4ccc([N+](=O)[O-])cc4)c(OCC)c3)c(=O)n2[C@H]1c1ccc(C)c([N+](=O)[O-])c1. The van der Waals surface area contributed by atoms with Crippen molar-refractivity contribution in [3.8, 4) is 11.5 Å². The molecule has 2 heterocycles. The zero-order chi connectivity index (χ0) is 34.7. The summed E-state index contributed by atoms with van der Waals surface area (Å²) in [4.78, 5) is 54.0. The number of nitro groups is 2. The summed E-state index contributed by atoms with van der Waals surface area (Å²) in [5.74, 6) is 0.137. The molecule has 13 nitrogen and oxygen atoms in total. The number of nitro benzene ring substituents is 2. The predicted octanol–water partition coefficient (Wildman–Crippen LogP) is 5.66. The molecule has 0 fully saturated rings. The van der Waals surface area contributed by atoms with Crippen LogP contribution in [0.3, 0.4) is 0 Å². The number of aromatic nitrogens is 1. The van der Waals surface area contributed by atoms with Crippen molar-refractivity contribution < 1.29 is 28.9 Å². The van der Waals surface area contributed by atoms with Crippen LogP contribution in [-0.4, -0.2) is 33.6 Å². The molecule has 0 aliphatic carbocycles. The Morgan fingerprint density at radius 2 is 1.75 bits per heavy atom. The summed E-state index contributed by atoms with van der Waals surface area (Å²) in [6.07, 6.45) is 1.66. The number of hydrogen-bond acceptors (Lipinski definition) is 11. The summed E-state index contributed by atoms with van der Waals surface area (Å²) < 4.78 is 19.4. The summed E-state index contributed by atoms with van der Waals surface area (Å²) >= 11 is 4.66. The fraction of sp³-hybridized carbons (Fsp3) is 0.242. The zero-order valence-corrected chi connectivity index (χ0v) is 28.6. The topological polar surface area (TPSA) is 165 Å². The van der Waals surface area contributed by atoms with E-state index >= 15 is 0 Å². The van der Waals surface area contributed by atoms with Gasteiger partial charge in [0, 0.05) is 23.8 Å². The largest absolute Gasteiger partial charge is 0.490 e. The van der Waals surface area contributed by atoms with Crippen molar-refractivity contribution in [1.82, 2.24) is 4.57 Å². The molecule has 15 heteroatoms. The highest BCUT2D eigenvalue weighted by Crippen LogP contribution is 2.38. The number of carbonyl (C=O) groups is 1. The second kappa shape index (κ2) is 14.3. The quantitative estimate of drug-likeness (QED) is 0.107. The van der Waals surface area contributed by atoms with Crippen LogP contribution in [0.4, 0.5) is 11.4 Å². The smallest absolute Gasteiger partial charge is 0.338 e. The van der Waals surface area contributed by atoms with Crippen molar-refractivity contribution in [2.75, 3.05) is 13.2 Å². The Balaban J connectivity index is 1.58. The third-order valence-corrected chi connectivity index (χ3v) is 8.99. The maximum atomic E-state index is 14.1. The van der Waals surface area contributed by atoms with Gasteiger partial charge in [-0.1, -0.05) is 23.5 Å². The van der Waals surface area contributed by atoms with E-state index in [9.17, 15) is 29.8 Å². The van der Waals surface area contributed by atoms with Crippen molar-refractivity contribution in [2.24, 2.45) is 4.99 Å². The van der Waals surface area contributed by atoms with Crippen molar-refractivity contribution in [3.05, 3.63) is 133 Å². The van der Waals surface area contributed by atoms with Gasteiger partial charge in [-0.05, 0) is 90.7 Å². The lowest BCUT2D eigenvalue weighted by Gasteiger charge is -2.24. The zero-order valence-electron chi connectivity index (χ0n) is 26.2. The Bertz CT molecular complexity index is 2160. The molecule has 3 aromatic carbocycles. The molecule has 0 saturated heterocycles. The van der Waals surface area contributed by atoms with E-state index in [1.165, 1.54) is 22.8 Å². The Morgan fingerprint density at radius 1 is 1.02 bits per heavy atom. The molecule has 0 radical (unpaired) electrons. The van der Waals surface area contributed by atoms with E-state index in [1.54, 1.807) is 63.2 Å². The van der Waals surface area contributed by atoms with Gasteiger partial charge < -0.3 is 14.2 Å². The van der Waals surface area contributed by atoms with Crippen LogP contribution in [0, 0.1) is 27.2 Å². The molecule has 1 aliphatic heterocycles. The third kappa shape index (κ3) is 6.92. The Kier molecular flexibility index (Phi) is 10.2. The van der Waals surface area contributed by atoms with Crippen LogP contribution < -0.4 is 24.4 Å². The van der Waals surface area contributed by atoms with Crippen molar-refractivity contribution in [2.45, 2.75) is 40.3 Å². The van der Waals surface area contributed by atoms with E-state index in [-0.39, 0.29) is 30.2 Å². The number of rotatable bonds is 11. The average Bonchev–Trinajstić information content (AvgIpc) is 3.34. The van der Waals surface area contributed by atoms with Crippen molar-refractivity contribution in [1.29, 1.82) is 0 Å². The summed E-state index contributed by atoms with van der Waals surface area (Å²) in [6.45, 7) is 7.26. The van der Waals surface area contributed by atoms with Crippen LogP contribution in [0.15, 0.2) is 80.1 Å². The maximum Gasteiger partial charge on any atom is 0.338 e. The molecule has 48 heavy (non-hydrogen) atoms. The van der Waals surface area contributed by atoms with Crippen LogP contribution in [0.25, 0.3) is 6.08 Å². The molecule has 0 amide bonds. The van der Waals surface area contributed by atoms with Gasteiger partial charge in [0.05, 0.1) is 49.4 Å². The summed E-state index contributed by atoms with van der Waals surface area (Å²) in [5.41, 5.74) is 1.95. The molecule has 0 saturated carbocycles. The van der Waals surface area contributed by atoms with Gasteiger partial charge in [-0.2, -0.15) is 0 Å². The number of halogens is 1. The van der Waals surface area contributed by atoms with Crippen LogP contribution in [0.1, 0.15) is 49.1 Å². The Hall–Kier alpha value is -5.15. The number of aryl methyl sites for hydroxylation is 1. The molecule has 0 spiro atoms. The highest BCUT2D eigenvalue weighted by Gasteiger charge is 2.34. The van der Waals surface area contributed by atoms with Gasteiger partial charge in [0.2, 0.25) is 0 Å². The molecule has 0 unspecified atom stereocenters. The first-order valence-corrected chi connectivity index (χ1v) is 16.3. The number of non-ortho nitro benzene ring substituents is 1. The number of allylic oxidation sites excluding steroid dienone is 1. The maximum absolute atomic E-state index is 14.1. The van der Waals surface area contributed by atoms with Gasteiger partial charge in [0.1, 0.15) is 6.61 Å². The molecule has 248 valence electrons. The van der Waals surface area contributed by atoms with Crippen LogP contribution in [0.5, 0.6) is 11.5 Å². The third-order valence-electron chi connectivity index (χ3n) is 7.42. The predicted molar refractivity (Wildman–Crippen MR) is 181 cm³/mol. The lowest BCUT2D eigenvalue weighted by molar-refractivity contribution is -0.385. The van der Waals surface area contributed by atoms with E-state index in [4.69, 9.17) is 14.2 Å². The summed E-state index contributed by atoms with van der Waals surface area (Å²) in [6, 6.07) is 13.1. The molecule has 4 aromatic rings. The average molecular weight is 738 g/mol. The lowest BCUT2D eigenvalue weighted by Crippen LogP contribution is -2.40.